The van der Waals surface area contributed by atoms with E-state index in [0.29, 0.717) is 5.75 Å². The maximum absolute atomic E-state index is 11.2. The Morgan fingerprint density at radius 3 is 2.68 bits per heavy atom. The number of urea groups is 1. The lowest BCUT2D eigenvalue weighted by Crippen LogP contribution is -2.41. The molecule has 0 bridgehead atoms. The highest BCUT2D eigenvalue weighted by atomic mass is 32.2. The Balaban J connectivity index is 2.28. The lowest BCUT2D eigenvalue weighted by atomic mass is 10.3. The minimum atomic E-state index is -1.11. The maximum Gasteiger partial charge on any atom is 0.327 e. The fraction of sp³-hybridized carbons (Fsp3) is 0.600. The average Bonchev–Trinajstić information content (AvgIpc) is 2.63. The van der Waals surface area contributed by atoms with Crippen molar-refractivity contribution in [1.29, 1.82) is 0 Å². The first kappa shape index (κ1) is 15.3. The van der Waals surface area contributed by atoms with Crippen LogP contribution in [-0.2, 0) is 14.4 Å². The summed E-state index contributed by atoms with van der Waals surface area (Å²) in [6.07, 6.45) is 0. The predicted octanol–water partition coefficient (Wildman–Crippen LogP) is -1.14. The van der Waals surface area contributed by atoms with Gasteiger partial charge in [-0.15, -0.1) is 0 Å². The molecule has 1 fully saturated rings. The van der Waals surface area contributed by atoms with E-state index < -0.39 is 23.9 Å². The molecule has 0 spiro atoms. The molecule has 1 rings (SSSR count). The van der Waals surface area contributed by atoms with E-state index in [4.69, 9.17) is 5.11 Å². The molecule has 19 heavy (non-hydrogen) atoms. The number of amides is 4. The van der Waals surface area contributed by atoms with E-state index >= 15 is 0 Å². The Morgan fingerprint density at radius 2 is 2.21 bits per heavy atom. The number of nitrogens with one attached hydrogen (secondary N) is 2. The molecule has 1 aliphatic rings. The van der Waals surface area contributed by atoms with Crippen molar-refractivity contribution in [2.75, 3.05) is 24.6 Å². The van der Waals surface area contributed by atoms with Crippen LogP contribution in [0.5, 0.6) is 0 Å². The van der Waals surface area contributed by atoms with Gasteiger partial charge in [-0.1, -0.05) is 0 Å². The minimum absolute atomic E-state index is 0.00709. The fourth-order valence-electron chi connectivity index (χ4n) is 1.46. The molecule has 0 saturated carbocycles. The maximum atomic E-state index is 11.2. The molecule has 1 unspecified atom stereocenters. The van der Waals surface area contributed by atoms with Crippen molar-refractivity contribution in [3.05, 3.63) is 0 Å². The molecular weight excluding hydrogens is 274 g/mol. The summed E-state index contributed by atoms with van der Waals surface area (Å²) in [5.74, 6) is -1.22. The molecule has 1 aliphatic heterocycles. The summed E-state index contributed by atoms with van der Waals surface area (Å²) in [6, 6.07) is -1.40. The molecule has 9 heteroatoms. The smallest absolute Gasteiger partial charge is 0.327 e. The topological polar surface area (TPSA) is 116 Å². The second-order valence-corrected chi connectivity index (χ2v) is 5.02. The van der Waals surface area contributed by atoms with Gasteiger partial charge in [0.25, 0.3) is 0 Å². The first-order valence-electron chi connectivity index (χ1n) is 5.57. The van der Waals surface area contributed by atoms with Gasteiger partial charge in [-0.25, -0.2) is 9.59 Å². The van der Waals surface area contributed by atoms with Gasteiger partial charge in [0.2, 0.25) is 11.8 Å². The van der Waals surface area contributed by atoms with Crippen molar-refractivity contribution in [2.45, 2.75) is 13.0 Å². The Labute approximate surface area is 113 Å². The number of carbonyl (C=O) groups is 4. The Hall–Kier alpha value is -1.77. The zero-order chi connectivity index (χ0) is 14.4. The molecule has 1 heterocycles. The summed E-state index contributed by atoms with van der Waals surface area (Å²) in [7, 11) is 0. The number of thioether (sulfide) groups is 1. The van der Waals surface area contributed by atoms with Crippen molar-refractivity contribution in [3.63, 3.8) is 0 Å². The zero-order valence-electron chi connectivity index (χ0n) is 10.3. The van der Waals surface area contributed by atoms with Crippen LogP contribution in [0, 0.1) is 0 Å². The Kier molecular flexibility index (Phi) is 5.61. The van der Waals surface area contributed by atoms with Crippen molar-refractivity contribution >= 4 is 35.6 Å². The average molecular weight is 289 g/mol. The van der Waals surface area contributed by atoms with Gasteiger partial charge in [0.1, 0.15) is 6.04 Å². The molecule has 0 radical (unpaired) electrons. The van der Waals surface area contributed by atoms with Crippen LogP contribution < -0.4 is 10.6 Å². The van der Waals surface area contributed by atoms with E-state index in [2.05, 4.69) is 10.6 Å². The number of carbonyl (C=O) groups excluding carboxylic acids is 3. The fourth-order valence-corrected chi connectivity index (χ4v) is 2.40. The third kappa shape index (κ3) is 4.78. The number of carboxylic acids is 1. The van der Waals surface area contributed by atoms with E-state index in [0.717, 1.165) is 4.90 Å². The second-order valence-electron chi connectivity index (χ2n) is 3.87. The van der Waals surface area contributed by atoms with Gasteiger partial charge in [0.15, 0.2) is 0 Å². The summed E-state index contributed by atoms with van der Waals surface area (Å²) in [5, 5.41) is 13.6. The second kappa shape index (κ2) is 6.98. The normalized spacial score (nSPS) is 16.2. The predicted molar refractivity (Wildman–Crippen MR) is 67.7 cm³/mol. The molecule has 1 saturated heterocycles. The molecule has 8 nitrogen and oxygen atoms in total. The van der Waals surface area contributed by atoms with E-state index in [1.54, 1.807) is 0 Å². The van der Waals surface area contributed by atoms with Gasteiger partial charge in [0, 0.05) is 25.0 Å². The van der Waals surface area contributed by atoms with Crippen molar-refractivity contribution in [1.82, 2.24) is 15.5 Å². The molecule has 0 aromatic carbocycles. The van der Waals surface area contributed by atoms with Gasteiger partial charge < -0.3 is 15.7 Å². The van der Waals surface area contributed by atoms with E-state index in [1.807, 2.05) is 0 Å². The first-order valence-corrected chi connectivity index (χ1v) is 6.73. The summed E-state index contributed by atoms with van der Waals surface area (Å²) in [5.41, 5.74) is 0. The number of carboxylic acid groups (broad SMARTS) is 1. The third-order valence-corrected chi connectivity index (χ3v) is 3.40. The molecule has 4 amide bonds. The van der Waals surface area contributed by atoms with Crippen LogP contribution in [-0.4, -0.2) is 64.5 Å². The van der Waals surface area contributed by atoms with Crippen molar-refractivity contribution in [2.24, 2.45) is 0 Å². The van der Waals surface area contributed by atoms with Gasteiger partial charge in [-0.3, -0.25) is 14.5 Å². The van der Waals surface area contributed by atoms with E-state index in [1.165, 1.54) is 18.7 Å². The lowest BCUT2D eigenvalue weighted by Gasteiger charge is -2.14. The van der Waals surface area contributed by atoms with Gasteiger partial charge >= 0.3 is 12.0 Å². The Bertz CT molecular complexity index is 385. The monoisotopic (exact) mass is 289 g/mol. The number of hydrogen-bond acceptors (Lipinski definition) is 5. The van der Waals surface area contributed by atoms with E-state index in [-0.39, 0.29) is 24.7 Å². The molecule has 0 aromatic heterocycles. The van der Waals surface area contributed by atoms with Gasteiger partial charge in [0.05, 0.1) is 6.54 Å². The Morgan fingerprint density at radius 1 is 1.53 bits per heavy atom. The van der Waals surface area contributed by atoms with Crippen LogP contribution in [0.4, 0.5) is 4.79 Å². The highest BCUT2D eigenvalue weighted by Gasteiger charge is 2.27. The summed E-state index contributed by atoms with van der Waals surface area (Å²) in [6.45, 7) is 1.47. The lowest BCUT2D eigenvalue weighted by molar-refractivity contribution is -0.140. The molecule has 106 valence electrons. The number of nitrogens with zero attached hydrogens (tertiary/aromatic N) is 1. The van der Waals surface area contributed by atoms with Gasteiger partial charge in [-0.05, 0) is 0 Å². The van der Waals surface area contributed by atoms with Crippen LogP contribution in [0.3, 0.4) is 0 Å². The molecule has 0 aliphatic carbocycles. The quantitative estimate of drug-likeness (QED) is 0.403. The largest absolute Gasteiger partial charge is 0.480 e. The van der Waals surface area contributed by atoms with Crippen LogP contribution in [0.25, 0.3) is 0 Å². The first-order chi connectivity index (χ1) is 8.91. The van der Waals surface area contributed by atoms with Crippen LogP contribution in [0.2, 0.25) is 0 Å². The standard InChI is InChI=1S/C10H15N3O5S/c1-6(14)12-7(9(16)17)5-19-3-2-13-8(15)4-11-10(13)18/h7H,2-5H2,1H3,(H,11,18)(H,12,14)(H,16,17). The van der Waals surface area contributed by atoms with Crippen LogP contribution >= 0.6 is 11.8 Å². The molecular formula is C10H15N3O5S. The summed E-state index contributed by atoms with van der Waals surface area (Å²) in [4.78, 5) is 45.2. The summed E-state index contributed by atoms with van der Waals surface area (Å²) < 4.78 is 0. The highest BCUT2D eigenvalue weighted by Crippen LogP contribution is 2.07. The number of imide groups is 1. The van der Waals surface area contributed by atoms with Gasteiger partial charge in [-0.2, -0.15) is 11.8 Å². The highest BCUT2D eigenvalue weighted by molar-refractivity contribution is 7.99. The van der Waals surface area contributed by atoms with Crippen molar-refractivity contribution in [3.8, 4) is 0 Å². The zero-order valence-corrected chi connectivity index (χ0v) is 11.2. The number of aliphatic carboxylic acids is 1. The number of hydrogen-bond donors (Lipinski definition) is 3. The molecule has 3 N–H and O–H groups in total. The molecule has 0 aromatic rings. The van der Waals surface area contributed by atoms with Crippen molar-refractivity contribution < 1.29 is 24.3 Å². The van der Waals surface area contributed by atoms with E-state index in [9.17, 15) is 19.2 Å². The molecule has 1 atom stereocenters. The third-order valence-electron chi connectivity index (χ3n) is 2.36. The van der Waals surface area contributed by atoms with Crippen LogP contribution in [0.1, 0.15) is 6.92 Å². The van der Waals surface area contributed by atoms with Crippen LogP contribution in [0.15, 0.2) is 0 Å². The number of rotatable bonds is 7. The summed E-state index contributed by atoms with van der Waals surface area (Å²) >= 11 is 1.25. The minimum Gasteiger partial charge on any atom is -0.480 e. The SMILES string of the molecule is CC(=O)NC(CSCCN1C(=O)CNC1=O)C(=O)O.